The lowest BCUT2D eigenvalue weighted by Gasteiger charge is -2.50. The van der Waals surface area contributed by atoms with Crippen LogP contribution in [0.2, 0.25) is 0 Å². The van der Waals surface area contributed by atoms with Gasteiger partial charge in [0.25, 0.3) is 5.91 Å². The summed E-state index contributed by atoms with van der Waals surface area (Å²) in [4.78, 5) is 49.6. The van der Waals surface area contributed by atoms with Crippen molar-refractivity contribution in [1.29, 1.82) is 0 Å². The minimum Gasteiger partial charge on any atom is -0.508 e. The van der Waals surface area contributed by atoms with Crippen LogP contribution in [0.15, 0.2) is 28.1 Å². The van der Waals surface area contributed by atoms with Gasteiger partial charge in [-0.25, -0.2) is 0 Å². The van der Waals surface area contributed by atoms with Gasteiger partial charge >= 0.3 is 0 Å². The standard InChI is InChI=1S/C29H39N5O8/c1-13(31-42-7)11-34(6)12-15-10-18(32(2)3)16-8-14-9-17-22(33(4)5)25(37)21(28(30)40)27(39)29(17,41)26(38)19(14)24(36)20(16)23(15)35/h10,14,17,22,35-36,39,41H,8-9,11-12H2,1-7H3,(H2,30,40)/b31-13+/t14-,17-,22-,29-/m0/s1. The molecule has 0 saturated heterocycles. The first-order valence-corrected chi connectivity index (χ1v) is 13.5. The second-order valence-electron chi connectivity index (χ2n) is 11.8. The highest BCUT2D eigenvalue weighted by Crippen LogP contribution is 2.54. The van der Waals surface area contributed by atoms with Gasteiger partial charge < -0.3 is 35.9 Å². The summed E-state index contributed by atoms with van der Waals surface area (Å²) in [6.07, 6.45) is 0.243. The number of oxime groups is 1. The molecule has 6 N–H and O–H groups in total. The number of hydrogen-bond donors (Lipinski definition) is 5. The Hall–Kier alpha value is -3.94. The Kier molecular flexibility index (Phi) is 8.15. The molecule has 1 amide bonds. The largest absolute Gasteiger partial charge is 0.508 e. The van der Waals surface area contributed by atoms with Crippen LogP contribution in [0.4, 0.5) is 5.69 Å². The van der Waals surface area contributed by atoms with Crippen molar-refractivity contribution in [1.82, 2.24) is 9.80 Å². The Morgan fingerprint density at radius 2 is 1.81 bits per heavy atom. The van der Waals surface area contributed by atoms with Gasteiger partial charge in [-0.3, -0.25) is 24.2 Å². The van der Waals surface area contributed by atoms with E-state index < -0.39 is 58.0 Å². The predicted molar refractivity (Wildman–Crippen MR) is 155 cm³/mol. The topological polar surface area (TPSA) is 189 Å². The number of fused-ring (bicyclic) bond motifs is 3. The van der Waals surface area contributed by atoms with Crippen LogP contribution in [0.5, 0.6) is 5.75 Å². The molecular weight excluding hydrogens is 546 g/mol. The number of carbonyl (C=O) groups is 3. The Bertz CT molecular complexity index is 1450. The molecule has 0 heterocycles. The molecule has 0 unspecified atom stereocenters. The number of primary amides is 1. The third-order valence-corrected chi connectivity index (χ3v) is 8.44. The van der Waals surface area contributed by atoms with E-state index >= 15 is 0 Å². The number of aliphatic hydroxyl groups excluding tert-OH is 2. The second-order valence-corrected chi connectivity index (χ2v) is 11.8. The average molecular weight is 586 g/mol. The smallest absolute Gasteiger partial charge is 0.255 e. The van der Waals surface area contributed by atoms with Crippen LogP contribution >= 0.6 is 0 Å². The summed E-state index contributed by atoms with van der Waals surface area (Å²) in [5.41, 5.74) is 4.25. The number of aromatic hydroxyl groups is 1. The molecule has 1 saturated carbocycles. The molecule has 0 spiro atoms. The molecular formula is C29H39N5O8. The fraction of sp³-hybridized carbons (Fsp3) is 0.517. The zero-order valence-corrected chi connectivity index (χ0v) is 24.9. The van der Waals surface area contributed by atoms with Gasteiger partial charge in [0.1, 0.15) is 30.0 Å². The molecule has 1 fully saturated rings. The number of benzene rings is 1. The zero-order valence-electron chi connectivity index (χ0n) is 24.9. The maximum atomic E-state index is 14.1. The fourth-order valence-corrected chi connectivity index (χ4v) is 6.79. The first kappa shape index (κ1) is 31.0. The predicted octanol–water partition coefficient (Wildman–Crippen LogP) is 0.484. The monoisotopic (exact) mass is 585 g/mol. The SMILES string of the molecule is CO/N=C(\C)CN(C)Cc1cc(N(C)C)c2c(c1O)C(O)=C1C(=O)[C@]3(O)C(O)=C(C(N)=O)C(=O)[C@@H](N(C)C)[C@@H]3C[C@@H]1C2. The van der Waals surface area contributed by atoms with Gasteiger partial charge in [-0.05, 0) is 58.5 Å². The van der Waals surface area contributed by atoms with Crippen molar-refractivity contribution in [3.8, 4) is 5.75 Å². The number of likely N-dealkylation sites (N-methyl/N-ethyl adjacent to an activating group) is 1. The Morgan fingerprint density at radius 1 is 1.17 bits per heavy atom. The molecule has 0 aromatic heterocycles. The highest BCUT2D eigenvalue weighted by molar-refractivity contribution is 6.24. The van der Waals surface area contributed by atoms with Crippen LogP contribution < -0.4 is 10.6 Å². The number of Topliss-reactive ketones (excluding diaryl/α,β-unsaturated/α-hetero) is 2. The average Bonchev–Trinajstić information content (AvgIpc) is 2.87. The summed E-state index contributed by atoms with van der Waals surface area (Å²) in [7, 11) is 10.1. The molecule has 42 heavy (non-hydrogen) atoms. The number of hydrogen-bond acceptors (Lipinski definition) is 12. The number of amides is 1. The number of phenolic OH excluding ortho intramolecular Hbond substituents is 1. The maximum absolute atomic E-state index is 14.1. The van der Waals surface area contributed by atoms with Crippen molar-refractivity contribution >= 4 is 34.6 Å². The summed E-state index contributed by atoms with van der Waals surface area (Å²) < 4.78 is 0. The van der Waals surface area contributed by atoms with Crippen LogP contribution in [-0.2, 0) is 32.2 Å². The van der Waals surface area contributed by atoms with Crippen molar-refractivity contribution < 1.29 is 39.6 Å². The molecule has 1 aromatic rings. The van der Waals surface area contributed by atoms with Crippen LogP contribution in [0, 0.1) is 11.8 Å². The maximum Gasteiger partial charge on any atom is 0.255 e. The second kappa shape index (κ2) is 11.0. The van der Waals surface area contributed by atoms with E-state index in [2.05, 4.69) is 5.16 Å². The molecule has 4 rings (SSSR count). The van der Waals surface area contributed by atoms with Gasteiger partial charge in [0.2, 0.25) is 5.78 Å². The van der Waals surface area contributed by atoms with Gasteiger partial charge in [0.15, 0.2) is 11.4 Å². The third kappa shape index (κ3) is 4.71. The molecule has 4 atom stereocenters. The molecule has 3 aliphatic carbocycles. The summed E-state index contributed by atoms with van der Waals surface area (Å²) in [5.74, 6) is -6.73. The Balaban J connectivity index is 1.90. The Labute approximate surface area is 244 Å². The number of nitrogens with zero attached hydrogens (tertiary/aromatic N) is 4. The normalized spacial score (nSPS) is 26.0. The van der Waals surface area contributed by atoms with E-state index in [-0.39, 0.29) is 36.3 Å². The minimum atomic E-state index is -2.68. The lowest BCUT2D eigenvalue weighted by atomic mass is 9.57. The number of nitrogens with two attached hydrogens (primary N) is 1. The van der Waals surface area contributed by atoms with Crippen molar-refractivity contribution in [2.75, 3.05) is 53.8 Å². The summed E-state index contributed by atoms with van der Waals surface area (Å²) >= 11 is 0. The number of aliphatic hydroxyl groups is 3. The molecule has 0 aliphatic heterocycles. The third-order valence-electron chi connectivity index (χ3n) is 8.44. The molecule has 0 radical (unpaired) electrons. The van der Waals surface area contributed by atoms with Gasteiger partial charge in [-0.2, -0.15) is 0 Å². The zero-order chi connectivity index (χ0) is 31.4. The van der Waals surface area contributed by atoms with E-state index in [1.54, 1.807) is 21.0 Å². The number of phenols is 1. The molecule has 0 bridgehead atoms. The van der Waals surface area contributed by atoms with Crippen LogP contribution in [0.25, 0.3) is 5.76 Å². The molecule has 3 aliphatic rings. The van der Waals surface area contributed by atoms with E-state index in [1.165, 1.54) is 12.0 Å². The quantitative estimate of drug-likeness (QED) is 0.162. The Morgan fingerprint density at radius 3 is 2.36 bits per heavy atom. The van der Waals surface area contributed by atoms with E-state index in [4.69, 9.17) is 10.6 Å². The summed E-state index contributed by atoms with van der Waals surface area (Å²) in [5, 5.41) is 49.8. The first-order valence-electron chi connectivity index (χ1n) is 13.5. The highest BCUT2D eigenvalue weighted by atomic mass is 16.6. The van der Waals surface area contributed by atoms with Crippen molar-refractivity contribution in [2.24, 2.45) is 22.7 Å². The van der Waals surface area contributed by atoms with E-state index in [9.17, 15) is 34.8 Å². The fourth-order valence-electron chi connectivity index (χ4n) is 6.79. The highest BCUT2D eigenvalue weighted by Gasteiger charge is 2.64. The van der Waals surface area contributed by atoms with Crippen LogP contribution in [-0.4, -0.2) is 114 Å². The lowest BCUT2D eigenvalue weighted by Crippen LogP contribution is -2.65. The van der Waals surface area contributed by atoms with E-state index in [0.29, 0.717) is 23.4 Å². The minimum absolute atomic E-state index is 0.0298. The molecule has 13 nitrogen and oxygen atoms in total. The first-order chi connectivity index (χ1) is 19.6. The van der Waals surface area contributed by atoms with E-state index in [0.717, 1.165) is 5.69 Å². The van der Waals surface area contributed by atoms with Crippen molar-refractivity contribution in [3.05, 3.63) is 39.7 Å². The van der Waals surface area contributed by atoms with Gasteiger partial charge in [-0.15, -0.1) is 0 Å². The molecule has 228 valence electrons. The van der Waals surface area contributed by atoms with Crippen LogP contribution in [0.1, 0.15) is 30.0 Å². The summed E-state index contributed by atoms with van der Waals surface area (Å²) in [6, 6.07) is 0.694. The van der Waals surface area contributed by atoms with Gasteiger partial charge in [0.05, 0.1) is 17.3 Å². The number of ketones is 2. The molecule has 1 aromatic carbocycles. The van der Waals surface area contributed by atoms with Crippen LogP contribution in [0.3, 0.4) is 0 Å². The molecule has 13 heteroatoms. The van der Waals surface area contributed by atoms with Crippen molar-refractivity contribution in [2.45, 2.75) is 38.0 Å². The van der Waals surface area contributed by atoms with E-state index in [1.807, 2.05) is 37.0 Å². The number of rotatable bonds is 8. The van der Waals surface area contributed by atoms with Gasteiger partial charge in [0, 0.05) is 49.9 Å². The lowest BCUT2D eigenvalue weighted by molar-refractivity contribution is -0.153. The summed E-state index contributed by atoms with van der Waals surface area (Å²) in [6.45, 7) is 2.50. The number of anilines is 1. The van der Waals surface area contributed by atoms with Crippen molar-refractivity contribution in [3.63, 3.8) is 0 Å². The number of carbonyl (C=O) groups excluding carboxylic acids is 3. The van der Waals surface area contributed by atoms with Gasteiger partial charge in [-0.1, -0.05) is 5.16 Å².